The molecule has 0 unspecified atom stereocenters. The van der Waals surface area contributed by atoms with E-state index < -0.39 is 21.3 Å². The molecule has 0 bridgehead atoms. The monoisotopic (exact) mass is 1050 g/mol. The molecule has 0 amide bonds. The van der Waals surface area contributed by atoms with E-state index in [0.29, 0.717) is 35.5 Å². The summed E-state index contributed by atoms with van der Waals surface area (Å²) < 4.78 is 2.75. The first-order valence-electron chi connectivity index (χ1n) is 24.4. The van der Waals surface area contributed by atoms with E-state index in [-0.39, 0.29) is 0 Å². The number of rotatable bonds is 16. The predicted octanol–water partition coefficient (Wildman–Crippen LogP) is 16.5. The second-order valence-corrected chi connectivity index (χ2v) is 27.4. The molecule has 6 rings (SSSR count). The van der Waals surface area contributed by atoms with E-state index in [1.807, 2.05) is 0 Å². The molecule has 0 N–H and O–H groups in total. The van der Waals surface area contributed by atoms with Crippen LogP contribution in [-0.4, -0.2) is 29.0 Å². The van der Waals surface area contributed by atoms with Crippen molar-refractivity contribution >= 4 is 81.7 Å². The first-order chi connectivity index (χ1) is 31.1. The predicted molar refractivity (Wildman–Crippen MR) is 301 cm³/mol. The maximum absolute atomic E-state index is 8.54. The third kappa shape index (κ3) is 13.8. The van der Waals surface area contributed by atoms with Crippen LogP contribution in [0.15, 0.2) is 127 Å². The van der Waals surface area contributed by atoms with Gasteiger partial charge in [-0.05, 0) is 0 Å². The van der Waals surface area contributed by atoms with Crippen molar-refractivity contribution in [3.63, 3.8) is 0 Å². The van der Waals surface area contributed by atoms with Gasteiger partial charge in [0.2, 0.25) is 0 Å². The molecule has 65 heavy (non-hydrogen) atoms. The van der Waals surface area contributed by atoms with Crippen molar-refractivity contribution in [1.82, 2.24) is 0 Å². The van der Waals surface area contributed by atoms with Crippen LogP contribution in [0.5, 0.6) is 0 Å². The van der Waals surface area contributed by atoms with Crippen molar-refractivity contribution in [3.05, 3.63) is 161 Å². The number of halogens is 2. The molecule has 0 spiro atoms. The minimum absolute atomic E-state index is 0.354. The normalized spacial score (nSPS) is 11.6. The molecule has 0 aromatic heterocycles. The Kier molecular flexibility index (Phi) is 22.7. The molecule has 4 radical (unpaired) electrons. The van der Waals surface area contributed by atoms with Gasteiger partial charge in [-0.1, -0.05) is 39.5 Å². The fourth-order valence-electron chi connectivity index (χ4n) is 8.95. The van der Waals surface area contributed by atoms with E-state index in [4.69, 9.17) is 10.0 Å². The van der Waals surface area contributed by atoms with E-state index in [9.17, 15) is 0 Å². The third-order valence-corrected chi connectivity index (χ3v) is 21.9. The molecule has 0 nitrogen and oxygen atoms in total. The van der Waals surface area contributed by atoms with Crippen LogP contribution >= 0.6 is 27.9 Å². The minimum atomic E-state index is -2.86. The van der Waals surface area contributed by atoms with Gasteiger partial charge in [0.15, 0.2) is 0 Å². The number of benzene rings is 6. The fraction of sp³-hybridized carbons (Fsp3) is 0.400. The van der Waals surface area contributed by atoms with Gasteiger partial charge >= 0.3 is 383 Å². The van der Waals surface area contributed by atoms with Crippen LogP contribution in [0.3, 0.4) is 0 Å². The van der Waals surface area contributed by atoms with E-state index in [2.05, 4.69) is 234 Å². The fourth-order valence-corrected chi connectivity index (χ4v) is 18.9. The van der Waals surface area contributed by atoms with Crippen LogP contribution in [0, 0.1) is 0 Å². The Bertz CT molecular complexity index is 2170. The molecule has 0 aliphatic rings. The van der Waals surface area contributed by atoms with Crippen molar-refractivity contribution in [2.24, 2.45) is 0 Å². The van der Waals surface area contributed by atoms with Crippen LogP contribution < -0.4 is 24.7 Å². The number of hydrogen-bond acceptors (Lipinski definition) is 0. The molecule has 0 saturated carbocycles. The van der Waals surface area contributed by atoms with Crippen molar-refractivity contribution < 1.29 is 0 Å². The Hall–Kier alpha value is -2.58. The zero-order chi connectivity index (χ0) is 48.0. The third-order valence-electron chi connectivity index (χ3n) is 12.6. The summed E-state index contributed by atoms with van der Waals surface area (Å²) in [6.45, 7) is 32.8. The Labute approximate surface area is 419 Å². The van der Waals surface area contributed by atoms with Gasteiger partial charge < -0.3 is 0 Å². The van der Waals surface area contributed by atoms with Crippen molar-refractivity contribution in [2.75, 3.05) is 0 Å². The summed E-state index contributed by atoms with van der Waals surface area (Å²) in [4.78, 5) is 0. The molecule has 5 heteroatoms. The van der Waals surface area contributed by atoms with Gasteiger partial charge in [0.25, 0.3) is 0 Å². The molecule has 6 aromatic rings. The Morgan fingerprint density at radius 1 is 0.446 bits per heavy atom. The summed E-state index contributed by atoms with van der Waals surface area (Å²) in [6, 6.07) is 48.8. The Balaban J connectivity index is 0.00000107. The van der Waals surface area contributed by atoms with Gasteiger partial charge in [-0.3, -0.25) is 0 Å². The summed E-state index contributed by atoms with van der Waals surface area (Å²) in [5.74, 6) is 2.31. The maximum atomic E-state index is 8.54. The molecule has 0 fully saturated rings. The van der Waals surface area contributed by atoms with E-state index >= 15 is 0 Å². The number of hydrogen-bond donors (Lipinski definition) is 0. The van der Waals surface area contributed by atoms with E-state index in [1.165, 1.54) is 122 Å². The van der Waals surface area contributed by atoms with E-state index in [1.54, 1.807) is 0 Å². The van der Waals surface area contributed by atoms with Crippen LogP contribution in [0.25, 0.3) is 22.3 Å². The molecular formula is C60H78Cl2Ge2P+. The topological polar surface area (TPSA) is 0 Å². The van der Waals surface area contributed by atoms with Crippen LogP contribution in [0.4, 0.5) is 0 Å². The number of unbranched alkanes of at least 4 members (excludes halogenated alkanes) is 3. The summed E-state index contributed by atoms with van der Waals surface area (Å²) >= 11 is -1.39. The zero-order valence-corrected chi connectivity index (χ0v) is 48.9. The molecule has 0 saturated heterocycles. The van der Waals surface area contributed by atoms with Crippen LogP contribution in [-0.2, 0) is 0 Å². The first kappa shape index (κ1) is 55.0. The summed E-state index contributed by atoms with van der Waals surface area (Å²) in [5.41, 5.74) is 14.0. The average molecular weight is 1050 g/mol. The zero-order valence-electron chi connectivity index (χ0n) is 42.2. The van der Waals surface area contributed by atoms with Gasteiger partial charge in [-0.15, -0.1) is 0 Å². The molecule has 0 aliphatic heterocycles. The Morgan fingerprint density at radius 2 is 0.785 bits per heavy atom. The molecule has 344 valence electrons. The van der Waals surface area contributed by atoms with Gasteiger partial charge in [-0.2, -0.15) is 0 Å². The van der Waals surface area contributed by atoms with Gasteiger partial charge in [0.05, 0.1) is 0 Å². The van der Waals surface area contributed by atoms with Crippen LogP contribution in [0.1, 0.15) is 192 Å². The molecule has 0 heterocycles. The van der Waals surface area contributed by atoms with E-state index in [0.717, 1.165) is 0 Å². The van der Waals surface area contributed by atoms with Crippen molar-refractivity contribution in [1.29, 1.82) is 0 Å². The summed E-state index contributed by atoms with van der Waals surface area (Å²) in [5, 5.41) is 4.19. The van der Waals surface area contributed by atoms with Crippen LogP contribution in [0.2, 0.25) is 0 Å². The van der Waals surface area contributed by atoms with Gasteiger partial charge in [0, 0.05) is 0 Å². The first-order valence-corrected chi connectivity index (χ1v) is 33.5. The Morgan fingerprint density at radius 3 is 1.11 bits per heavy atom. The molecular weight excluding hydrogens is 968 g/mol. The van der Waals surface area contributed by atoms with Gasteiger partial charge in [0.1, 0.15) is 0 Å². The van der Waals surface area contributed by atoms with Crippen molar-refractivity contribution in [2.45, 2.75) is 158 Å². The second kappa shape index (κ2) is 26.8. The average Bonchev–Trinajstić information content (AvgIpc) is 3.31. The summed E-state index contributed by atoms with van der Waals surface area (Å²) in [6.07, 6.45) is 5.54. The second-order valence-electron chi connectivity index (χ2n) is 19.5. The van der Waals surface area contributed by atoms with Crippen molar-refractivity contribution in [3.8, 4) is 22.3 Å². The standard InChI is InChI=1S/C54H63ClGeP.C6H14.ClGe/c1-34(2)40-30-46(36(5)6)52(47(31-40)37(7)8)44-26-21-27-45(53-48(38(9)10)32-41(35(3)4)33-49(53)39(11)12)54(44)56(55)50-28-19-20-29-51(50)57(42-22-15-13-16-23-42)43-24-17-14-18-25-43;1-3-5-6-4-2;1-2/h13-39H,1-12H3;3-6H2,1-2H3;/p+1. The molecule has 0 aliphatic carbocycles. The SMILES string of the molecule is CC(C)c1cc(C(C)C)c(-c2cccc(-c3c(C(C)C)cc(C(C)C)cc3C(C)C)[c]2[Ge]([Cl])[c]2ccccc2[PH+](c2ccccc2)c2ccccc2)c(C(C)C)c1.CCCCCC.[Cl][Ge]. The summed E-state index contributed by atoms with van der Waals surface area (Å²) in [7, 11) is 11.8. The molecule has 6 aromatic carbocycles. The van der Waals surface area contributed by atoms with Gasteiger partial charge in [-0.25, -0.2) is 0 Å². The quantitative estimate of drug-likeness (QED) is 0.0515. The molecule has 0 atom stereocenters.